The molecule has 2 saturated carbocycles. The minimum Gasteiger partial charge on any atom is -0.349 e. The van der Waals surface area contributed by atoms with Crippen LogP contribution in [-0.2, 0) is 18.3 Å². The number of allylic oxidation sites excluding steroid dienone is 1. The first-order valence-electron chi connectivity index (χ1n) is 13.8. The van der Waals surface area contributed by atoms with Gasteiger partial charge in [0, 0.05) is 23.4 Å². The second-order valence-electron chi connectivity index (χ2n) is 11.4. The predicted octanol–water partition coefficient (Wildman–Crippen LogP) is 7.26. The Hall–Kier alpha value is -2.86. The van der Waals surface area contributed by atoms with Gasteiger partial charge in [0.15, 0.2) is 5.70 Å². The van der Waals surface area contributed by atoms with Crippen LogP contribution in [0.3, 0.4) is 0 Å². The molecule has 2 aromatic carbocycles. The summed E-state index contributed by atoms with van der Waals surface area (Å²) in [6.07, 6.45) is 16.7. The zero-order valence-corrected chi connectivity index (χ0v) is 20.7. The number of hydrogen-bond acceptors (Lipinski definition) is 1. The van der Waals surface area contributed by atoms with Crippen LogP contribution in [0.2, 0.25) is 0 Å². The van der Waals surface area contributed by atoms with Gasteiger partial charge in [-0.3, -0.25) is 4.79 Å². The number of benzene rings is 2. The summed E-state index contributed by atoms with van der Waals surface area (Å²) < 4.78 is 0. The highest BCUT2D eigenvalue weighted by atomic mass is 16.1. The molecule has 6 rings (SSSR count). The summed E-state index contributed by atoms with van der Waals surface area (Å²) in [4.78, 5) is 16.7. The summed E-state index contributed by atoms with van der Waals surface area (Å²) in [5, 5.41) is 3.36. The molecule has 1 amide bonds. The van der Waals surface area contributed by atoms with Gasteiger partial charge in [-0.05, 0) is 104 Å². The van der Waals surface area contributed by atoms with Gasteiger partial charge in [-0.1, -0.05) is 49.2 Å². The number of nitrogens with zero attached hydrogens (tertiary/aromatic N) is 1. The molecule has 1 unspecified atom stereocenters. The molecule has 0 aromatic heterocycles. The maximum absolute atomic E-state index is 13.1. The lowest BCUT2D eigenvalue weighted by Gasteiger charge is -2.51. The molecule has 0 heterocycles. The van der Waals surface area contributed by atoms with Crippen molar-refractivity contribution in [3.63, 3.8) is 0 Å². The van der Waals surface area contributed by atoms with Crippen molar-refractivity contribution >= 4 is 12.0 Å². The van der Waals surface area contributed by atoms with E-state index in [0.29, 0.717) is 11.8 Å². The number of fused-ring (bicyclic) bond motifs is 2. The molecule has 0 spiro atoms. The van der Waals surface area contributed by atoms with E-state index in [1.807, 2.05) is 24.3 Å². The highest BCUT2D eigenvalue weighted by molar-refractivity contribution is 5.95. The Bertz CT molecular complexity index is 1190. The second kappa shape index (κ2) is 9.30. The molecule has 180 valence electrons. The van der Waals surface area contributed by atoms with Crippen molar-refractivity contribution < 1.29 is 4.79 Å². The normalized spacial score (nSPS) is 28.0. The highest BCUT2D eigenvalue weighted by Gasteiger charge is 2.49. The molecule has 0 saturated heterocycles. The zero-order valence-electron chi connectivity index (χ0n) is 20.7. The van der Waals surface area contributed by atoms with Gasteiger partial charge in [0.05, 0.1) is 6.57 Å². The Kier molecular flexibility index (Phi) is 6.01. The largest absolute Gasteiger partial charge is 0.349 e. The van der Waals surface area contributed by atoms with Gasteiger partial charge in [-0.25, -0.2) is 4.85 Å². The van der Waals surface area contributed by atoms with Crippen molar-refractivity contribution in [2.24, 2.45) is 11.8 Å². The van der Waals surface area contributed by atoms with Gasteiger partial charge in [0.2, 0.25) is 0 Å². The second-order valence-corrected chi connectivity index (χ2v) is 11.4. The summed E-state index contributed by atoms with van der Waals surface area (Å²) in [5.41, 5.74) is 7.31. The first-order chi connectivity index (χ1) is 17.2. The lowest BCUT2D eigenvalue weighted by Crippen LogP contribution is -2.48. The average Bonchev–Trinajstić information content (AvgIpc) is 3.59. The minimum atomic E-state index is 0.0426. The number of nitrogens with one attached hydrogen (secondary N) is 1. The number of amides is 1. The third-order valence-electron chi connectivity index (χ3n) is 9.67. The van der Waals surface area contributed by atoms with Crippen LogP contribution < -0.4 is 5.32 Å². The maximum atomic E-state index is 13.1. The Morgan fingerprint density at radius 3 is 2.49 bits per heavy atom. The van der Waals surface area contributed by atoms with Gasteiger partial charge in [-0.15, -0.1) is 0 Å². The van der Waals surface area contributed by atoms with Crippen LogP contribution in [0.1, 0.15) is 96.8 Å². The van der Waals surface area contributed by atoms with Gasteiger partial charge < -0.3 is 5.32 Å². The first kappa shape index (κ1) is 22.6. The summed E-state index contributed by atoms with van der Waals surface area (Å²) >= 11 is 0. The fourth-order valence-electron chi connectivity index (χ4n) is 8.08. The fourth-order valence-corrected chi connectivity index (χ4v) is 8.08. The van der Waals surface area contributed by atoms with Gasteiger partial charge in [0.1, 0.15) is 0 Å². The fraction of sp³-hybridized carbons (Fsp3) is 0.500. The van der Waals surface area contributed by atoms with Crippen LogP contribution in [0.5, 0.6) is 0 Å². The Morgan fingerprint density at radius 1 is 0.914 bits per heavy atom. The highest BCUT2D eigenvalue weighted by Crippen LogP contribution is 2.56. The predicted molar refractivity (Wildman–Crippen MR) is 141 cm³/mol. The van der Waals surface area contributed by atoms with E-state index in [2.05, 4.69) is 34.4 Å². The lowest BCUT2D eigenvalue weighted by atomic mass is 9.53. The van der Waals surface area contributed by atoms with E-state index in [9.17, 15) is 4.79 Å². The minimum absolute atomic E-state index is 0.0426. The van der Waals surface area contributed by atoms with Crippen molar-refractivity contribution in [2.75, 3.05) is 0 Å². The van der Waals surface area contributed by atoms with Crippen LogP contribution in [0, 0.1) is 18.4 Å². The molecular weight excluding hydrogens is 428 g/mol. The molecule has 3 nitrogen and oxygen atoms in total. The van der Waals surface area contributed by atoms with E-state index in [1.54, 1.807) is 11.1 Å². The SMILES string of the molecule is [C-]#[N+]C1=Cc2ccc(C(=O)NC3CCC(C4(C5CCCC5)CCCc5ccccc54)CC3)cc2C1. The molecule has 0 radical (unpaired) electrons. The van der Waals surface area contributed by atoms with E-state index >= 15 is 0 Å². The molecule has 4 aliphatic rings. The van der Waals surface area contributed by atoms with Gasteiger partial charge in [0.25, 0.3) is 5.91 Å². The van der Waals surface area contributed by atoms with E-state index < -0.39 is 0 Å². The van der Waals surface area contributed by atoms with E-state index in [0.717, 1.165) is 47.1 Å². The molecule has 3 heteroatoms. The number of carbonyl (C=O) groups excluding carboxylic acids is 1. The molecule has 0 bridgehead atoms. The number of rotatable bonds is 4. The van der Waals surface area contributed by atoms with Crippen LogP contribution in [-0.4, -0.2) is 11.9 Å². The van der Waals surface area contributed by atoms with E-state index in [1.165, 1.54) is 57.8 Å². The van der Waals surface area contributed by atoms with Crippen LogP contribution >= 0.6 is 0 Å². The quantitative estimate of drug-likeness (QED) is 0.475. The van der Waals surface area contributed by atoms with Crippen molar-refractivity contribution in [1.29, 1.82) is 0 Å². The first-order valence-corrected chi connectivity index (χ1v) is 13.8. The standard InChI is InChI=1S/C32H36N2O/c1-33-29-20-23-12-13-24(19-25(23)21-29)31(35)34-28-16-14-27(15-17-28)32(26-9-3-4-10-26)18-6-8-22-7-2-5-11-30(22)32/h2,5,7,11-13,19-20,26-28H,3-4,6,8-10,14-18,21H2,(H,34,35). The monoisotopic (exact) mass is 464 g/mol. The average molecular weight is 465 g/mol. The number of aryl methyl sites for hydroxylation is 1. The Labute approximate surface area is 209 Å². The van der Waals surface area contributed by atoms with Crippen LogP contribution in [0.25, 0.3) is 10.9 Å². The lowest BCUT2D eigenvalue weighted by molar-refractivity contribution is 0.0840. The Balaban J connectivity index is 1.15. The summed E-state index contributed by atoms with van der Waals surface area (Å²) in [6, 6.07) is 15.5. The van der Waals surface area contributed by atoms with Crippen LogP contribution in [0.4, 0.5) is 0 Å². The molecular formula is C32H36N2O. The molecule has 2 aromatic rings. The molecule has 0 aliphatic heterocycles. The van der Waals surface area contributed by atoms with Crippen molar-refractivity contribution in [2.45, 2.75) is 88.5 Å². The molecule has 4 aliphatic carbocycles. The van der Waals surface area contributed by atoms with Gasteiger partial charge >= 0.3 is 0 Å². The topological polar surface area (TPSA) is 33.5 Å². The summed E-state index contributed by atoms with van der Waals surface area (Å²) in [7, 11) is 0. The van der Waals surface area contributed by atoms with Crippen LogP contribution in [0.15, 0.2) is 48.2 Å². The van der Waals surface area contributed by atoms with Crippen molar-refractivity contribution in [3.8, 4) is 0 Å². The smallest absolute Gasteiger partial charge is 0.251 e. The Morgan fingerprint density at radius 2 is 1.69 bits per heavy atom. The number of carbonyl (C=O) groups is 1. The summed E-state index contributed by atoms with van der Waals surface area (Å²) in [5.74, 6) is 1.61. The summed E-state index contributed by atoms with van der Waals surface area (Å²) in [6.45, 7) is 7.26. The molecule has 2 fully saturated rings. The van der Waals surface area contributed by atoms with Gasteiger partial charge in [-0.2, -0.15) is 0 Å². The van der Waals surface area contributed by atoms with Crippen molar-refractivity contribution in [1.82, 2.24) is 5.32 Å². The molecule has 35 heavy (non-hydrogen) atoms. The van der Waals surface area contributed by atoms with E-state index in [-0.39, 0.29) is 11.9 Å². The van der Waals surface area contributed by atoms with E-state index in [4.69, 9.17) is 6.57 Å². The molecule has 1 atom stereocenters. The third-order valence-corrected chi connectivity index (χ3v) is 9.67. The number of hydrogen-bond donors (Lipinski definition) is 1. The third kappa shape index (κ3) is 4.02. The zero-order chi connectivity index (χ0) is 23.8. The molecule has 1 N–H and O–H groups in total. The maximum Gasteiger partial charge on any atom is 0.251 e. The van der Waals surface area contributed by atoms with Crippen molar-refractivity contribution in [3.05, 3.63) is 87.4 Å².